The normalized spacial score (nSPS) is 22.4. The molecule has 0 aliphatic carbocycles. The molecule has 0 atom stereocenters. The van der Waals surface area contributed by atoms with Crippen LogP contribution in [0.2, 0.25) is 0 Å². The number of rotatable bonds is 9. The zero-order chi connectivity index (χ0) is 25.5. The molecule has 4 heteroatoms. The minimum absolute atomic E-state index is 0.115. The van der Waals surface area contributed by atoms with Crippen molar-refractivity contribution in [2.24, 2.45) is 16.8 Å². The molecule has 0 spiro atoms. The second-order valence-electron chi connectivity index (χ2n) is 12.1. The van der Waals surface area contributed by atoms with E-state index in [1.807, 2.05) is 13.3 Å². The van der Waals surface area contributed by atoms with Crippen molar-refractivity contribution < 1.29 is 0 Å². The Bertz CT molecular complexity index is 833. The lowest BCUT2D eigenvalue weighted by Crippen LogP contribution is -2.58. The molecule has 1 fully saturated rings. The van der Waals surface area contributed by atoms with E-state index in [1.165, 1.54) is 28.1 Å². The Kier molecular flexibility index (Phi) is 10.2. The minimum Gasteiger partial charge on any atom is -0.388 e. The standard InChI is InChI=1S/C30H52N4/c1-11-27-22(4)25(13-15-32-23(27)5)16-24(12-14-31-10)17-28(33-20-21(2)3)26-18-29(6,7)34-30(8,9)19-26/h12,14,17,21,26,32-34H,11,13,15-16,18-20H2,1-10H3. The van der Waals surface area contributed by atoms with Crippen LogP contribution in [0.4, 0.5) is 0 Å². The van der Waals surface area contributed by atoms with Crippen molar-refractivity contribution in [2.75, 3.05) is 20.1 Å². The topological polar surface area (TPSA) is 48.5 Å². The molecule has 3 N–H and O–H groups in total. The summed E-state index contributed by atoms with van der Waals surface area (Å²) in [4.78, 5) is 4.29. The van der Waals surface area contributed by atoms with Crippen LogP contribution in [0, 0.1) is 11.8 Å². The molecule has 2 heterocycles. The molecule has 192 valence electrons. The summed E-state index contributed by atoms with van der Waals surface area (Å²) < 4.78 is 0. The van der Waals surface area contributed by atoms with E-state index in [0.29, 0.717) is 11.8 Å². The minimum atomic E-state index is 0.115. The molecule has 1 saturated heterocycles. The van der Waals surface area contributed by atoms with Gasteiger partial charge >= 0.3 is 0 Å². The molecule has 0 aromatic heterocycles. The smallest absolute Gasteiger partial charge is 0.0277 e. The van der Waals surface area contributed by atoms with Crippen LogP contribution >= 0.6 is 0 Å². The Hall–Kier alpha value is -1.81. The zero-order valence-corrected chi connectivity index (χ0v) is 23.8. The van der Waals surface area contributed by atoms with Gasteiger partial charge in [0.05, 0.1) is 0 Å². The summed E-state index contributed by atoms with van der Waals surface area (Å²) in [7, 11) is 1.86. The first-order chi connectivity index (χ1) is 15.9. The Balaban J connectivity index is 2.47. The first kappa shape index (κ1) is 28.4. The van der Waals surface area contributed by atoms with Gasteiger partial charge in [-0.3, -0.25) is 4.99 Å². The maximum absolute atomic E-state index is 4.29. The maximum Gasteiger partial charge on any atom is 0.0277 e. The van der Waals surface area contributed by atoms with E-state index in [2.05, 4.69) is 95.4 Å². The van der Waals surface area contributed by atoms with Crippen LogP contribution in [0.3, 0.4) is 0 Å². The van der Waals surface area contributed by atoms with Crippen molar-refractivity contribution in [1.29, 1.82) is 0 Å². The number of nitrogens with one attached hydrogen (secondary N) is 3. The fourth-order valence-corrected chi connectivity index (χ4v) is 5.89. The molecule has 0 aromatic rings. The predicted octanol–water partition coefficient (Wildman–Crippen LogP) is 6.68. The van der Waals surface area contributed by atoms with Gasteiger partial charge in [0.1, 0.15) is 0 Å². The number of piperidine rings is 1. The highest BCUT2D eigenvalue weighted by Crippen LogP contribution is 2.37. The summed E-state index contributed by atoms with van der Waals surface area (Å²) in [5, 5.41) is 11.3. The molecule has 2 aliphatic rings. The van der Waals surface area contributed by atoms with Gasteiger partial charge in [-0.2, -0.15) is 0 Å². The Morgan fingerprint density at radius 3 is 2.35 bits per heavy atom. The molecular formula is C30H52N4. The molecule has 4 nitrogen and oxygen atoms in total. The summed E-state index contributed by atoms with van der Waals surface area (Å²) >= 11 is 0. The van der Waals surface area contributed by atoms with Crippen LogP contribution < -0.4 is 16.0 Å². The van der Waals surface area contributed by atoms with Crippen molar-refractivity contribution in [3.05, 3.63) is 45.8 Å². The summed E-state index contributed by atoms with van der Waals surface area (Å²) in [6.07, 6.45) is 12.0. The lowest BCUT2D eigenvalue weighted by atomic mass is 9.74. The van der Waals surface area contributed by atoms with Crippen LogP contribution in [0.25, 0.3) is 0 Å². The molecule has 2 rings (SSSR count). The first-order valence-electron chi connectivity index (χ1n) is 13.4. The van der Waals surface area contributed by atoms with E-state index in [0.717, 1.165) is 45.2 Å². The molecule has 0 aromatic carbocycles. The van der Waals surface area contributed by atoms with Crippen molar-refractivity contribution in [1.82, 2.24) is 16.0 Å². The Labute approximate surface area is 210 Å². The van der Waals surface area contributed by atoms with Gasteiger partial charge in [-0.05, 0) is 108 Å². The fraction of sp³-hybridized carbons (Fsp3) is 0.700. The van der Waals surface area contributed by atoms with Gasteiger partial charge in [0, 0.05) is 54.7 Å². The fourth-order valence-electron chi connectivity index (χ4n) is 5.89. The van der Waals surface area contributed by atoms with Gasteiger partial charge in [-0.15, -0.1) is 0 Å². The monoisotopic (exact) mass is 468 g/mol. The van der Waals surface area contributed by atoms with Crippen molar-refractivity contribution in [3.63, 3.8) is 0 Å². The Morgan fingerprint density at radius 2 is 1.79 bits per heavy atom. The lowest BCUT2D eigenvalue weighted by Gasteiger charge is -2.47. The van der Waals surface area contributed by atoms with Gasteiger partial charge < -0.3 is 16.0 Å². The van der Waals surface area contributed by atoms with Gasteiger partial charge in [-0.1, -0.05) is 26.3 Å². The number of nitrogens with zero attached hydrogens (tertiary/aromatic N) is 1. The third kappa shape index (κ3) is 8.45. The maximum atomic E-state index is 4.29. The van der Waals surface area contributed by atoms with Crippen molar-refractivity contribution >= 4 is 6.21 Å². The van der Waals surface area contributed by atoms with Gasteiger partial charge in [0.25, 0.3) is 0 Å². The second kappa shape index (κ2) is 12.2. The van der Waals surface area contributed by atoms with E-state index < -0.39 is 0 Å². The summed E-state index contributed by atoms with van der Waals surface area (Å²) in [6.45, 7) is 22.8. The molecule has 0 bridgehead atoms. The first-order valence-corrected chi connectivity index (χ1v) is 13.4. The third-order valence-corrected chi connectivity index (χ3v) is 7.15. The van der Waals surface area contributed by atoms with E-state index >= 15 is 0 Å². The Morgan fingerprint density at radius 1 is 1.15 bits per heavy atom. The van der Waals surface area contributed by atoms with Crippen molar-refractivity contribution in [3.8, 4) is 0 Å². The highest BCUT2D eigenvalue weighted by molar-refractivity contribution is 5.73. The molecule has 0 radical (unpaired) electrons. The average molecular weight is 469 g/mol. The zero-order valence-electron chi connectivity index (χ0n) is 23.8. The molecule has 2 aliphatic heterocycles. The predicted molar refractivity (Wildman–Crippen MR) is 150 cm³/mol. The van der Waals surface area contributed by atoms with Gasteiger partial charge in [-0.25, -0.2) is 0 Å². The van der Waals surface area contributed by atoms with E-state index in [-0.39, 0.29) is 11.1 Å². The van der Waals surface area contributed by atoms with Crippen LogP contribution in [0.15, 0.2) is 50.8 Å². The van der Waals surface area contributed by atoms with E-state index in [9.17, 15) is 0 Å². The number of hydrogen-bond acceptors (Lipinski definition) is 4. The van der Waals surface area contributed by atoms with Crippen molar-refractivity contribution in [2.45, 2.75) is 105 Å². The average Bonchev–Trinajstić information content (AvgIpc) is 2.84. The van der Waals surface area contributed by atoms with E-state index in [4.69, 9.17) is 0 Å². The number of aliphatic imine (C=N–C) groups is 1. The largest absolute Gasteiger partial charge is 0.388 e. The summed E-state index contributed by atoms with van der Waals surface area (Å²) in [5.74, 6) is 1.11. The van der Waals surface area contributed by atoms with Crippen LogP contribution in [-0.2, 0) is 0 Å². The quantitative estimate of drug-likeness (QED) is 0.261. The van der Waals surface area contributed by atoms with Crippen LogP contribution in [0.1, 0.15) is 94.4 Å². The molecule has 34 heavy (non-hydrogen) atoms. The number of hydrogen-bond donors (Lipinski definition) is 3. The highest BCUT2D eigenvalue weighted by Gasteiger charge is 2.39. The molecule has 0 amide bonds. The summed E-state index contributed by atoms with van der Waals surface area (Å²) in [6, 6.07) is 0. The van der Waals surface area contributed by atoms with Crippen LogP contribution in [-0.4, -0.2) is 37.4 Å². The second-order valence-corrected chi connectivity index (χ2v) is 12.1. The van der Waals surface area contributed by atoms with Gasteiger partial charge in [0.15, 0.2) is 0 Å². The van der Waals surface area contributed by atoms with Gasteiger partial charge in [0.2, 0.25) is 0 Å². The summed E-state index contributed by atoms with van der Waals surface area (Å²) in [5.41, 5.74) is 8.79. The molecule has 0 unspecified atom stereocenters. The molecular weight excluding hydrogens is 416 g/mol. The van der Waals surface area contributed by atoms with E-state index in [1.54, 1.807) is 5.57 Å². The lowest BCUT2D eigenvalue weighted by molar-refractivity contribution is 0.141. The van der Waals surface area contributed by atoms with Crippen LogP contribution in [0.5, 0.6) is 0 Å². The highest BCUT2D eigenvalue weighted by atomic mass is 15.1. The number of allylic oxidation sites excluding steroid dienone is 7. The SMILES string of the molecule is CCC1=C(C)NCCC(CC(=CC=NC)C=C(NCC(C)C)C2CC(C)(C)NC(C)(C)C2)=C1C. The third-order valence-electron chi connectivity index (χ3n) is 7.15. The molecule has 0 saturated carbocycles.